The number of alkyl halides is 3. The molecule has 4 atom stereocenters. The highest BCUT2D eigenvalue weighted by atomic mass is 19.4. The molecule has 12 nitrogen and oxygen atoms in total. The Bertz CT molecular complexity index is 1320. The molecule has 0 aromatic carbocycles. The third kappa shape index (κ3) is 7.07. The molecule has 42 heavy (non-hydrogen) atoms. The highest BCUT2D eigenvalue weighted by Gasteiger charge is 2.52. The third-order valence-corrected chi connectivity index (χ3v) is 6.60. The van der Waals surface area contributed by atoms with Crippen molar-refractivity contribution in [1.82, 2.24) is 24.8 Å². The molecule has 1 N–H and O–H groups in total. The molecule has 0 aliphatic carbocycles. The summed E-state index contributed by atoms with van der Waals surface area (Å²) in [6, 6.07) is -0.551. The Kier molecular flexibility index (Phi) is 8.02. The molecule has 0 saturated carbocycles. The van der Waals surface area contributed by atoms with Gasteiger partial charge in [-0.1, -0.05) is 6.08 Å². The zero-order chi connectivity index (χ0) is 30.3. The molecule has 2 saturated heterocycles. The fourth-order valence-electron chi connectivity index (χ4n) is 4.79. The van der Waals surface area contributed by atoms with E-state index < -0.39 is 53.7 Å². The summed E-state index contributed by atoms with van der Waals surface area (Å²) in [5.74, 6) is -0.744. The number of carbonyl (C=O) groups is 1. The van der Waals surface area contributed by atoms with Crippen molar-refractivity contribution < 1.29 is 41.7 Å². The van der Waals surface area contributed by atoms with E-state index in [1.54, 1.807) is 24.9 Å². The van der Waals surface area contributed by atoms with Crippen molar-refractivity contribution in [1.29, 1.82) is 0 Å². The third-order valence-electron chi connectivity index (χ3n) is 6.60. The van der Waals surface area contributed by atoms with Crippen LogP contribution in [0.5, 0.6) is 5.88 Å². The molecule has 1 amide bonds. The number of hydrogen-bond acceptors (Lipinski definition) is 11. The Labute approximate surface area is 240 Å². The van der Waals surface area contributed by atoms with Gasteiger partial charge in [-0.25, -0.2) is 19.7 Å². The number of carbonyl (C=O) groups excluding carboxylic acids is 1. The average Bonchev–Trinajstić information content (AvgIpc) is 3.52. The van der Waals surface area contributed by atoms with Crippen LogP contribution in [0.3, 0.4) is 0 Å². The van der Waals surface area contributed by atoms with Crippen LogP contribution in [0.25, 0.3) is 5.57 Å². The van der Waals surface area contributed by atoms with Crippen LogP contribution in [0.15, 0.2) is 30.9 Å². The van der Waals surface area contributed by atoms with Gasteiger partial charge >= 0.3 is 12.3 Å². The number of anilines is 1. The quantitative estimate of drug-likeness (QED) is 0.526. The van der Waals surface area contributed by atoms with E-state index in [9.17, 15) is 18.0 Å². The highest BCUT2D eigenvalue weighted by Crippen LogP contribution is 2.37. The van der Waals surface area contributed by atoms with Gasteiger partial charge in [0.1, 0.15) is 36.3 Å². The van der Waals surface area contributed by atoms with Crippen LogP contribution in [0.4, 0.5) is 23.8 Å². The predicted molar refractivity (Wildman–Crippen MR) is 141 cm³/mol. The number of nitrogens with one attached hydrogen (secondary N) is 1. The predicted octanol–water partition coefficient (Wildman–Crippen LogP) is 3.70. The molecule has 2 aromatic rings. The number of ether oxygens (including phenoxy) is 5. The van der Waals surface area contributed by atoms with Gasteiger partial charge < -0.3 is 33.9 Å². The summed E-state index contributed by atoms with van der Waals surface area (Å²) in [4.78, 5) is 30.0. The first-order valence-corrected chi connectivity index (χ1v) is 13.4. The first-order chi connectivity index (χ1) is 19.7. The van der Waals surface area contributed by atoms with Crippen molar-refractivity contribution in [3.63, 3.8) is 0 Å². The largest absolute Gasteiger partial charge is 0.474 e. The molecule has 5 heterocycles. The molecule has 0 unspecified atom stereocenters. The number of halogens is 3. The van der Waals surface area contributed by atoms with Gasteiger partial charge in [-0.15, -0.1) is 0 Å². The number of rotatable bonds is 6. The second-order valence-corrected chi connectivity index (χ2v) is 11.6. The topological polar surface area (TPSA) is 130 Å². The van der Waals surface area contributed by atoms with Gasteiger partial charge in [0.2, 0.25) is 5.88 Å². The molecule has 2 fully saturated rings. The Hall–Kier alpha value is -3.56. The van der Waals surface area contributed by atoms with Crippen LogP contribution in [0.1, 0.15) is 46.0 Å². The van der Waals surface area contributed by atoms with Crippen molar-refractivity contribution >= 4 is 17.5 Å². The number of aromatic nitrogens is 4. The van der Waals surface area contributed by atoms with E-state index >= 15 is 0 Å². The summed E-state index contributed by atoms with van der Waals surface area (Å²) in [6.45, 7) is 9.88. The zero-order valence-corrected chi connectivity index (χ0v) is 23.8. The number of nitrogens with zero attached hydrogens (tertiary/aromatic N) is 5. The lowest BCUT2D eigenvalue weighted by atomic mass is 9.98. The molecule has 3 aliphatic heterocycles. The minimum atomic E-state index is -4.62. The fourth-order valence-corrected chi connectivity index (χ4v) is 4.79. The average molecular weight is 595 g/mol. The second-order valence-electron chi connectivity index (χ2n) is 11.6. The van der Waals surface area contributed by atoms with Crippen LogP contribution in [-0.2, 0) is 25.1 Å². The Morgan fingerprint density at radius 1 is 1.12 bits per heavy atom. The Morgan fingerprint density at radius 3 is 2.57 bits per heavy atom. The highest BCUT2D eigenvalue weighted by molar-refractivity contribution is 5.76. The first kappa shape index (κ1) is 29.9. The van der Waals surface area contributed by atoms with Crippen LogP contribution < -0.4 is 10.1 Å². The van der Waals surface area contributed by atoms with E-state index in [-0.39, 0.29) is 24.9 Å². The maximum Gasteiger partial charge on any atom is 0.434 e. The van der Waals surface area contributed by atoms with Crippen molar-refractivity contribution in [2.45, 2.75) is 76.5 Å². The molecule has 3 aliphatic rings. The van der Waals surface area contributed by atoms with Crippen molar-refractivity contribution in [2.75, 3.05) is 31.6 Å². The normalized spacial score (nSPS) is 25.5. The van der Waals surface area contributed by atoms with Crippen LogP contribution in [-0.4, -0.2) is 93.0 Å². The van der Waals surface area contributed by atoms with E-state index in [1.807, 2.05) is 26.8 Å². The van der Waals surface area contributed by atoms with E-state index in [4.69, 9.17) is 23.7 Å². The molecular weight excluding hydrogens is 561 g/mol. The number of fused-ring (bicyclic) bond motifs is 1. The standard InChI is InChI=1S/C27H33F3N6O6/c1-25(2,3)42-24(37)36-7-6-15(12-36)16-8-33-21(11-32-16)39-14-18-23-22(40-26(4,5)41-23)17(13-38-18)34-20-10-31-9-19(35-20)27(28,29)30/h6,8-11,17-18,22-23H,7,12-14H2,1-5H3,(H,34,35)/t17-,18+,22+,23-/m0/s1. The molecule has 0 spiro atoms. The van der Waals surface area contributed by atoms with Gasteiger partial charge in [-0.2, -0.15) is 13.2 Å². The zero-order valence-electron chi connectivity index (χ0n) is 23.8. The lowest BCUT2D eigenvalue weighted by molar-refractivity contribution is -0.156. The molecule has 15 heteroatoms. The Morgan fingerprint density at radius 2 is 1.88 bits per heavy atom. The van der Waals surface area contributed by atoms with Gasteiger partial charge in [0.15, 0.2) is 11.5 Å². The minimum Gasteiger partial charge on any atom is -0.474 e. The lowest BCUT2D eigenvalue weighted by Crippen LogP contribution is -2.55. The maximum atomic E-state index is 13.1. The summed E-state index contributed by atoms with van der Waals surface area (Å²) >= 11 is 0. The summed E-state index contributed by atoms with van der Waals surface area (Å²) in [6.07, 6.45) is 0.113. The van der Waals surface area contributed by atoms with Gasteiger partial charge in [-0.05, 0) is 40.2 Å². The second kappa shape index (κ2) is 11.3. The molecule has 228 valence electrons. The van der Waals surface area contributed by atoms with Gasteiger partial charge in [0, 0.05) is 6.54 Å². The van der Waals surface area contributed by atoms with Crippen molar-refractivity contribution in [3.8, 4) is 5.88 Å². The molecule has 5 rings (SSSR count). The number of amides is 1. The summed E-state index contributed by atoms with van der Waals surface area (Å²) in [5.41, 5.74) is -0.224. The first-order valence-electron chi connectivity index (χ1n) is 13.4. The van der Waals surface area contributed by atoms with Crippen molar-refractivity contribution in [2.24, 2.45) is 0 Å². The van der Waals surface area contributed by atoms with E-state index in [2.05, 4.69) is 25.3 Å². The van der Waals surface area contributed by atoms with Crippen molar-refractivity contribution in [3.05, 3.63) is 42.3 Å². The fraction of sp³-hybridized carbons (Fsp3) is 0.593. The summed E-state index contributed by atoms with van der Waals surface area (Å²) < 4.78 is 68.7. The molecule has 0 bridgehead atoms. The monoisotopic (exact) mass is 594 g/mol. The maximum absolute atomic E-state index is 13.1. The molecule has 0 radical (unpaired) electrons. The van der Waals surface area contributed by atoms with Crippen LogP contribution in [0.2, 0.25) is 0 Å². The van der Waals surface area contributed by atoms with E-state index in [1.165, 1.54) is 12.4 Å². The minimum absolute atomic E-state index is 0.0536. The lowest BCUT2D eigenvalue weighted by Gasteiger charge is -2.37. The van der Waals surface area contributed by atoms with Gasteiger partial charge in [-0.3, -0.25) is 4.98 Å². The Balaban J connectivity index is 1.18. The van der Waals surface area contributed by atoms with E-state index in [0.717, 1.165) is 5.57 Å². The van der Waals surface area contributed by atoms with Crippen LogP contribution in [0, 0.1) is 0 Å². The van der Waals surface area contributed by atoms with Gasteiger partial charge in [0.05, 0.1) is 49.7 Å². The van der Waals surface area contributed by atoms with Crippen LogP contribution >= 0.6 is 0 Å². The molecule has 2 aromatic heterocycles. The number of hydrogen-bond donors (Lipinski definition) is 1. The smallest absolute Gasteiger partial charge is 0.434 e. The summed E-state index contributed by atoms with van der Waals surface area (Å²) in [5, 5.41) is 2.95. The van der Waals surface area contributed by atoms with Gasteiger partial charge in [0.25, 0.3) is 0 Å². The van der Waals surface area contributed by atoms with E-state index in [0.29, 0.717) is 25.0 Å². The SMILES string of the molecule is CC(C)(C)OC(=O)N1CC=C(c2cnc(OC[C@H]3OC[C@H](Nc4cncc(C(F)(F)F)n4)[C@H]4OC(C)(C)O[C@H]43)cn2)C1. The summed E-state index contributed by atoms with van der Waals surface area (Å²) in [7, 11) is 0. The molecular formula is C27H33F3N6O6.